The maximum Gasteiger partial charge on any atom is 0.410 e. The van der Waals surface area contributed by atoms with E-state index in [1.54, 1.807) is 11.0 Å². The molecule has 26 heavy (non-hydrogen) atoms. The molecule has 1 saturated heterocycles. The number of methoxy groups -OCH3 is 1. The third-order valence-corrected chi connectivity index (χ3v) is 4.39. The van der Waals surface area contributed by atoms with Crippen LogP contribution in [0.25, 0.3) is 0 Å². The van der Waals surface area contributed by atoms with Crippen LogP contribution in [0.4, 0.5) is 10.5 Å². The van der Waals surface area contributed by atoms with Gasteiger partial charge in [0.1, 0.15) is 29.3 Å². The van der Waals surface area contributed by atoms with Crippen molar-refractivity contribution in [2.24, 2.45) is 0 Å². The zero-order valence-corrected chi connectivity index (χ0v) is 15.4. The molecule has 1 amide bonds. The molecular formula is C18H24N2O6. The number of fused-ring (bicyclic) bond motifs is 3. The molecule has 0 unspecified atom stereocenters. The molecule has 3 rings (SSSR count). The lowest BCUT2D eigenvalue weighted by Crippen LogP contribution is -2.59. The minimum atomic E-state index is -1.06. The number of anilines is 1. The molecular weight excluding hydrogens is 340 g/mol. The molecule has 142 valence electrons. The first-order valence-corrected chi connectivity index (χ1v) is 8.52. The van der Waals surface area contributed by atoms with E-state index in [-0.39, 0.29) is 23.4 Å². The number of ether oxygens (including phenoxy) is 3. The second kappa shape index (κ2) is 6.59. The molecule has 8 heteroatoms. The van der Waals surface area contributed by atoms with Gasteiger partial charge in [0.15, 0.2) is 0 Å². The van der Waals surface area contributed by atoms with E-state index in [1.165, 1.54) is 13.2 Å². The second-order valence-electron chi connectivity index (χ2n) is 7.41. The molecule has 1 aromatic carbocycles. The van der Waals surface area contributed by atoms with Gasteiger partial charge in [-0.1, -0.05) is 0 Å². The monoisotopic (exact) mass is 364 g/mol. The van der Waals surface area contributed by atoms with E-state index in [9.17, 15) is 14.7 Å². The summed E-state index contributed by atoms with van der Waals surface area (Å²) in [5, 5.41) is 9.31. The standard InChI is InChI=1S/C18H24N2O6/c1-18(2,3)26-17(23)19-5-6-20-11(9-19)10-25-15-7-12(16(21)22)14(24-4)8-13(15)20/h7-8,11H,5-6,9-10H2,1-4H3,(H,21,22)/t11-/m1/s1. The topological polar surface area (TPSA) is 88.5 Å². The number of carbonyl (C=O) groups excluding carboxylic acids is 1. The number of carboxylic acids is 1. The Kier molecular flexibility index (Phi) is 4.60. The summed E-state index contributed by atoms with van der Waals surface area (Å²) in [5.41, 5.74) is 0.314. The molecule has 0 aliphatic carbocycles. The van der Waals surface area contributed by atoms with Crippen LogP contribution in [0.15, 0.2) is 12.1 Å². The molecule has 1 N–H and O–H groups in total. The van der Waals surface area contributed by atoms with Crippen molar-refractivity contribution < 1.29 is 28.9 Å². The number of nitrogens with zero attached hydrogens (tertiary/aromatic N) is 2. The summed E-state index contributed by atoms with van der Waals surface area (Å²) in [5.74, 6) is -0.259. The van der Waals surface area contributed by atoms with Gasteiger partial charge < -0.3 is 29.1 Å². The number of carboxylic acid groups (broad SMARTS) is 1. The fourth-order valence-corrected chi connectivity index (χ4v) is 3.22. The molecule has 2 aliphatic heterocycles. The Bertz CT molecular complexity index is 727. The van der Waals surface area contributed by atoms with Gasteiger partial charge in [0.2, 0.25) is 0 Å². The molecule has 1 fully saturated rings. The molecule has 2 aliphatic rings. The van der Waals surface area contributed by atoms with Crippen molar-refractivity contribution in [1.82, 2.24) is 4.90 Å². The maximum atomic E-state index is 12.3. The van der Waals surface area contributed by atoms with Crippen LogP contribution < -0.4 is 14.4 Å². The summed E-state index contributed by atoms with van der Waals surface area (Å²) >= 11 is 0. The molecule has 2 heterocycles. The zero-order valence-electron chi connectivity index (χ0n) is 15.4. The Morgan fingerprint density at radius 3 is 2.62 bits per heavy atom. The predicted molar refractivity (Wildman–Crippen MR) is 94.4 cm³/mol. The molecule has 8 nitrogen and oxygen atoms in total. The lowest BCUT2D eigenvalue weighted by Gasteiger charge is -2.45. The predicted octanol–water partition coefficient (Wildman–Crippen LogP) is 2.21. The van der Waals surface area contributed by atoms with Gasteiger partial charge in [0.25, 0.3) is 0 Å². The van der Waals surface area contributed by atoms with Gasteiger partial charge in [0.05, 0.1) is 18.8 Å². The first-order chi connectivity index (χ1) is 12.2. The Labute approximate surface area is 152 Å². The first-order valence-electron chi connectivity index (χ1n) is 8.52. The van der Waals surface area contributed by atoms with Crippen LogP contribution in [0.2, 0.25) is 0 Å². The summed E-state index contributed by atoms with van der Waals surface area (Å²) in [6, 6.07) is 3.16. The van der Waals surface area contributed by atoms with E-state index < -0.39 is 11.6 Å². The number of hydrogen-bond donors (Lipinski definition) is 1. The van der Waals surface area contributed by atoms with Crippen molar-refractivity contribution in [1.29, 1.82) is 0 Å². The number of aromatic carboxylic acids is 1. The number of rotatable bonds is 2. The fraction of sp³-hybridized carbons (Fsp3) is 0.556. The number of carbonyl (C=O) groups is 2. The van der Waals surface area contributed by atoms with Gasteiger partial charge in [0, 0.05) is 31.8 Å². The summed E-state index contributed by atoms with van der Waals surface area (Å²) in [6.45, 7) is 7.51. The van der Waals surface area contributed by atoms with Gasteiger partial charge in [-0.2, -0.15) is 0 Å². The number of amides is 1. The molecule has 0 spiro atoms. The quantitative estimate of drug-likeness (QED) is 0.861. The molecule has 0 aromatic heterocycles. The SMILES string of the molecule is COc1cc2c(cc1C(=O)O)OC[C@H]1CN(C(=O)OC(C)(C)C)CCN21. The lowest BCUT2D eigenvalue weighted by molar-refractivity contribution is 0.0194. The van der Waals surface area contributed by atoms with Gasteiger partial charge in [-0.25, -0.2) is 9.59 Å². The van der Waals surface area contributed by atoms with Crippen LogP contribution >= 0.6 is 0 Å². The van der Waals surface area contributed by atoms with Crippen LogP contribution in [-0.4, -0.2) is 67.1 Å². The summed E-state index contributed by atoms with van der Waals surface area (Å²) < 4.78 is 16.4. The Morgan fingerprint density at radius 2 is 2.00 bits per heavy atom. The number of benzene rings is 1. The van der Waals surface area contributed by atoms with Crippen molar-refractivity contribution in [3.63, 3.8) is 0 Å². The van der Waals surface area contributed by atoms with E-state index in [0.29, 0.717) is 32.0 Å². The van der Waals surface area contributed by atoms with Gasteiger partial charge >= 0.3 is 12.1 Å². The third kappa shape index (κ3) is 3.49. The minimum Gasteiger partial charge on any atom is -0.496 e. The van der Waals surface area contributed by atoms with E-state index in [1.807, 2.05) is 20.8 Å². The normalized spacial score (nSPS) is 19.2. The zero-order chi connectivity index (χ0) is 19.1. The average Bonchev–Trinajstić information content (AvgIpc) is 2.58. The van der Waals surface area contributed by atoms with Crippen LogP contribution in [0.5, 0.6) is 11.5 Å². The van der Waals surface area contributed by atoms with Crippen molar-refractivity contribution in [3.05, 3.63) is 17.7 Å². The maximum absolute atomic E-state index is 12.3. The minimum absolute atomic E-state index is 0.0239. The second-order valence-corrected chi connectivity index (χ2v) is 7.41. The number of hydrogen-bond acceptors (Lipinski definition) is 6. The van der Waals surface area contributed by atoms with Crippen molar-refractivity contribution in [3.8, 4) is 11.5 Å². The lowest BCUT2D eigenvalue weighted by atomic mass is 10.1. The van der Waals surface area contributed by atoms with Gasteiger partial charge in [-0.15, -0.1) is 0 Å². The Hall–Kier alpha value is -2.64. The van der Waals surface area contributed by atoms with Crippen LogP contribution in [0.3, 0.4) is 0 Å². The van der Waals surface area contributed by atoms with E-state index in [2.05, 4.69) is 4.90 Å². The highest BCUT2D eigenvalue weighted by atomic mass is 16.6. The molecule has 0 saturated carbocycles. The summed E-state index contributed by atoms with van der Waals surface area (Å²) in [6.07, 6.45) is -0.332. The van der Waals surface area contributed by atoms with E-state index >= 15 is 0 Å². The molecule has 1 aromatic rings. The number of piperazine rings is 1. The van der Waals surface area contributed by atoms with Crippen molar-refractivity contribution >= 4 is 17.7 Å². The summed E-state index contributed by atoms with van der Waals surface area (Å²) in [4.78, 5) is 27.5. The van der Waals surface area contributed by atoms with Crippen LogP contribution in [0, 0.1) is 0 Å². The van der Waals surface area contributed by atoms with E-state index in [0.717, 1.165) is 5.69 Å². The van der Waals surface area contributed by atoms with Gasteiger partial charge in [-0.05, 0) is 20.8 Å². The Balaban J connectivity index is 1.80. The third-order valence-electron chi connectivity index (χ3n) is 4.39. The van der Waals surface area contributed by atoms with Crippen molar-refractivity contribution in [2.45, 2.75) is 32.4 Å². The first kappa shape index (κ1) is 18.2. The molecule has 0 bridgehead atoms. The van der Waals surface area contributed by atoms with Gasteiger partial charge in [-0.3, -0.25) is 0 Å². The molecule has 0 radical (unpaired) electrons. The van der Waals surface area contributed by atoms with Crippen LogP contribution in [-0.2, 0) is 4.74 Å². The Morgan fingerprint density at radius 1 is 1.27 bits per heavy atom. The van der Waals surface area contributed by atoms with Crippen LogP contribution in [0.1, 0.15) is 31.1 Å². The smallest absolute Gasteiger partial charge is 0.410 e. The van der Waals surface area contributed by atoms with E-state index in [4.69, 9.17) is 14.2 Å². The van der Waals surface area contributed by atoms with Crippen molar-refractivity contribution in [2.75, 3.05) is 38.3 Å². The summed E-state index contributed by atoms with van der Waals surface area (Å²) in [7, 11) is 1.44. The largest absolute Gasteiger partial charge is 0.496 e. The fourth-order valence-electron chi connectivity index (χ4n) is 3.22. The highest BCUT2D eigenvalue weighted by molar-refractivity contribution is 5.93. The molecule has 1 atom stereocenters. The highest BCUT2D eigenvalue weighted by Crippen LogP contribution is 2.40. The average molecular weight is 364 g/mol. The highest BCUT2D eigenvalue weighted by Gasteiger charge is 2.37.